The van der Waals surface area contributed by atoms with Gasteiger partial charge in [-0.2, -0.15) is 0 Å². The van der Waals surface area contributed by atoms with Crippen LogP contribution in [0.25, 0.3) is 0 Å². The Morgan fingerprint density at radius 2 is 2.21 bits per heavy atom. The van der Waals surface area contributed by atoms with Gasteiger partial charge in [-0.3, -0.25) is 0 Å². The van der Waals surface area contributed by atoms with Crippen molar-refractivity contribution in [2.75, 3.05) is 5.73 Å². The topological polar surface area (TPSA) is 98.2 Å². The highest BCUT2D eigenvalue weighted by atomic mass is 32.2. The van der Waals surface area contributed by atoms with Crippen molar-refractivity contribution >= 4 is 15.7 Å². The monoisotopic (exact) mass is 285 g/mol. The predicted molar refractivity (Wildman–Crippen MR) is 66.1 cm³/mol. The average molecular weight is 285 g/mol. The van der Waals surface area contributed by atoms with E-state index in [0.29, 0.717) is 5.69 Å². The number of hydrogen-bond acceptors (Lipinski definition) is 5. The summed E-state index contributed by atoms with van der Waals surface area (Å²) in [5.74, 6) is -0.665. The number of benzene rings is 1. The standard InChI is InChI=1S/C11H12FN3O3S/c1-7-10(12)4-8(13)5-11(7)19(16,17)14-6-9-2-3-18-15-9/h2-5,14H,6,13H2,1H3. The summed E-state index contributed by atoms with van der Waals surface area (Å²) >= 11 is 0. The van der Waals surface area contributed by atoms with Gasteiger partial charge in [-0.25, -0.2) is 17.5 Å². The fraction of sp³-hybridized carbons (Fsp3) is 0.182. The maximum absolute atomic E-state index is 13.5. The van der Waals surface area contributed by atoms with Gasteiger partial charge < -0.3 is 10.3 Å². The summed E-state index contributed by atoms with van der Waals surface area (Å²) in [7, 11) is -3.86. The molecule has 0 radical (unpaired) electrons. The molecule has 2 rings (SSSR count). The number of nitrogens with two attached hydrogens (primary N) is 1. The summed E-state index contributed by atoms with van der Waals surface area (Å²) < 4.78 is 44.5. The number of sulfonamides is 1. The number of aromatic nitrogens is 1. The molecule has 6 nitrogen and oxygen atoms in total. The Kier molecular flexibility index (Phi) is 3.54. The van der Waals surface area contributed by atoms with Crippen molar-refractivity contribution in [3.05, 3.63) is 41.5 Å². The van der Waals surface area contributed by atoms with E-state index in [9.17, 15) is 12.8 Å². The molecule has 0 amide bonds. The summed E-state index contributed by atoms with van der Waals surface area (Å²) in [6, 6.07) is 3.81. The van der Waals surface area contributed by atoms with Crippen molar-refractivity contribution < 1.29 is 17.3 Å². The second-order valence-electron chi connectivity index (χ2n) is 3.94. The number of nitrogen functional groups attached to an aromatic ring is 1. The van der Waals surface area contributed by atoms with E-state index in [4.69, 9.17) is 5.73 Å². The van der Waals surface area contributed by atoms with Gasteiger partial charge in [0.05, 0.1) is 17.1 Å². The van der Waals surface area contributed by atoms with Gasteiger partial charge in [-0.1, -0.05) is 5.16 Å². The lowest BCUT2D eigenvalue weighted by Gasteiger charge is -2.10. The van der Waals surface area contributed by atoms with E-state index in [-0.39, 0.29) is 22.7 Å². The molecule has 1 aromatic heterocycles. The van der Waals surface area contributed by atoms with Crippen LogP contribution < -0.4 is 10.5 Å². The van der Waals surface area contributed by atoms with E-state index in [1.54, 1.807) is 0 Å². The highest BCUT2D eigenvalue weighted by molar-refractivity contribution is 7.89. The molecule has 2 aromatic rings. The van der Waals surface area contributed by atoms with E-state index in [1.165, 1.54) is 25.3 Å². The highest BCUT2D eigenvalue weighted by Crippen LogP contribution is 2.21. The van der Waals surface area contributed by atoms with Gasteiger partial charge in [-0.15, -0.1) is 0 Å². The summed E-state index contributed by atoms with van der Waals surface area (Å²) in [6.45, 7) is 1.33. The highest BCUT2D eigenvalue weighted by Gasteiger charge is 2.20. The maximum Gasteiger partial charge on any atom is 0.241 e. The SMILES string of the molecule is Cc1c(F)cc(N)cc1S(=O)(=O)NCc1ccon1. The molecule has 0 aliphatic carbocycles. The molecule has 0 atom stereocenters. The van der Waals surface area contributed by atoms with Crippen molar-refractivity contribution in [3.63, 3.8) is 0 Å². The second-order valence-corrected chi connectivity index (χ2v) is 5.68. The molecule has 0 aliphatic heterocycles. The molecule has 1 heterocycles. The molecule has 19 heavy (non-hydrogen) atoms. The Balaban J connectivity index is 2.29. The summed E-state index contributed by atoms with van der Waals surface area (Å²) in [5.41, 5.74) is 5.94. The number of nitrogens with zero attached hydrogens (tertiary/aromatic N) is 1. The van der Waals surface area contributed by atoms with Gasteiger partial charge >= 0.3 is 0 Å². The Hall–Kier alpha value is -1.93. The van der Waals surface area contributed by atoms with Crippen molar-refractivity contribution in [1.29, 1.82) is 0 Å². The fourth-order valence-corrected chi connectivity index (χ4v) is 2.81. The molecule has 8 heteroatoms. The molecule has 0 saturated heterocycles. The van der Waals surface area contributed by atoms with Crippen LogP contribution in [0.3, 0.4) is 0 Å². The molecule has 0 aliphatic rings. The zero-order valence-corrected chi connectivity index (χ0v) is 10.9. The first kappa shape index (κ1) is 13.5. The molecule has 102 valence electrons. The largest absolute Gasteiger partial charge is 0.399 e. The lowest BCUT2D eigenvalue weighted by atomic mass is 10.2. The van der Waals surface area contributed by atoms with Crippen LogP contribution in [0.1, 0.15) is 11.3 Å². The molecule has 0 saturated carbocycles. The van der Waals surface area contributed by atoms with Gasteiger partial charge in [0.2, 0.25) is 10.0 Å². The van der Waals surface area contributed by atoms with E-state index >= 15 is 0 Å². The molecule has 0 fully saturated rings. The molecular formula is C11H12FN3O3S. The Bertz CT molecular complexity index is 683. The van der Waals surface area contributed by atoms with Crippen LogP contribution in [-0.4, -0.2) is 13.6 Å². The third-order valence-electron chi connectivity index (χ3n) is 2.54. The first-order valence-corrected chi connectivity index (χ1v) is 6.83. The van der Waals surface area contributed by atoms with Crippen LogP contribution in [-0.2, 0) is 16.6 Å². The lowest BCUT2D eigenvalue weighted by molar-refractivity contribution is 0.411. The quantitative estimate of drug-likeness (QED) is 0.822. The Morgan fingerprint density at radius 3 is 2.84 bits per heavy atom. The van der Waals surface area contributed by atoms with Crippen LogP contribution >= 0.6 is 0 Å². The first-order chi connectivity index (χ1) is 8.90. The lowest BCUT2D eigenvalue weighted by Crippen LogP contribution is -2.24. The third kappa shape index (κ3) is 2.91. The zero-order chi connectivity index (χ0) is 14.0. The first-order valence-electron chi connectivity index (χ1n) is 5.34. The van der Waals surface area contributed by atoms with Crippen LogP contribution in [0.2, 0.25) is 0 Å². The normalized spacial score (nSPS) is 11.7. The van der Waals surface area contributed by atoms with E-state index < -0.39 is 15.8 Å². The minimum absolute atomic E-state index is 0.0156. The smallest absolute Gasteiger partial charge is 0.241 e. The number of nitrogens with one attached hydrogen (secondary N) is 1. The summed E-state index contributed by atoms with van der Waals surface area (Å²) in [6.07, 6.45) is 1.33. The minimum atomic E-state index is -3.86. The van der Waals surface area contributed by atoms with Crippen LogP contribution in [0.15, 0.2) is 33.9 Å². The van der Waals surface area contributed by atoms with E-state index in [2.05, 4.69) is 14.4 Å². The van der Waals surface area contributed by atoms with Crippen molar-refractivity contribution in [1.82, 2.24) is 9.88 Å². The van der Waals surface area contributed by atoms with Crippen molar-refractivity contribution in [2.45, 2.75) is 18.4 Å². The zero-order valence-electron chi connectivity index (χ0n) is 10.1. The summed E-state index contributed by atoms with van der Waals surface area (Å²) in [5, 5.41) is 3.57. The molecule has 0 unspecified atom stereocenters. The molecule has 3 N–H and O–H groups in total. The Labute approximate surface area is 109 Å². The van der Waals surface area contributed by atoms with Crippen LogP contribution in [0.5, 0.6) is 0 Å². The number of rotatable bonds is 4. The molecule has 0 spiro atoms. The second kappa shape index (κ2) is 4.98. The maximum atomic E-state index is 13.5. The van der Waals surface area contributed by atoms with Gasteiger partial charge in [0.25, 0.3) is 0 Å². The number of anilines is 1. The van der Waals surface area contributed by atoms with Gasteiger partial charge in [0.1, 0.15) is 12.1 Å². The van der Waals surface area contributed by atoms with Gasteiger partial charge in [-0.05, 0) is 19.1 Å². The predicted octanol–water partition coefficient (Wildman–Crippen LogP) is 1.18. The molecular weight excluding hydrogens is 273 g/mol. The average Bonchev–Trinajstić information content (AvgIpc) is 2.84. The third-order valence-corrected chi connectivity index (χ3v) is 4.07. The van der Waals surface area contributed by atoms with Gasteiger partial charge in [0, 0.05) is 17.3 Å². The molecule has 0 bridgehead atoms. The fourth-order valence-electron chi connectivity index (χ4n) is 1.53. The van der Waals surface area contributed by atoms with Crippen LogP contribution in [0, 0.1) is 12.7 Å². The number of hydrogen-bond donors (Lipinski definition) is 2. The van der Waals surface area contributed by atoms with Crippen LogP contribution in [0.4, 0.5) is 10.1 Å². The summed E-state index contributed by atoms with van der Waals surface area (Å²) in [4.78, 5) is -0.187. The van der Waals surface area contributed by atoms with E-state index in [1.807, 2.05) is 0 Å². The Morgan fingerprint density at radius 1 is 1.47 bits per heavy atom. The van der Waals surface area contributed by atoms with E-state index in [0.717, 1.165) is 6.07 Å². The minimum Gasteiger partial charge on any atom is -0.399 e. The van der Waals surface area contributed by atoms with Crippen molar-refractivity contribution in [3.8, 4) is 0 Å². The number of halogens is 1. The van der Waals surface area contributed by atoms with Gasteiger partial charge in [0.15, 0.2) is 0 Å². The molecule has 1 aromatic carbocycles. The van der Waals surface area contributed by atoms with Crippen molar-refractivity contribution in [2.24, 2.45) is 0 Å².